The molecule has 1 aliphatic rings. The molecule has 82 valence electrons. The maximum Gasteiger partial charge on any atom is 0.336 e. The lowest BCUT2D eigenvalue weighted by atomic mass is 9.99. The van der Waals surface area contributed by atoms with Gasteiger partial charge in [0.2, 0.25) is 0 Å². The first kappa shape index (κ1) is 9.85. The predicted molar refractivity (Wildman–Crippen MR) is 67.0 cm³/mol. The summed E-state index contributed by atoms with van der Waals surface area (Å²) >= 11 is 0. The van der Waals surface area contributed by atoms with Crippen molar-refractivity contribution in [3.05, 3.63) is 65.7 Å². The molecule has 3 rings (SSSR count). The van der Waals surface area contributed by atoms with Crippen LogP contribution in [0.1, 0.15) is 21.5 Å². The van der Waals surface area contributed by atoms with E-state index in [1.54, 1.807) is 12.1 Å². The molecular weight excluding hydrogens is 212 g/mol. The highest BCUT2D eigenvalue weighted by atomic mass is 16.4. The first-order valence-corrected chi connectivity index (χ1v) is 5.35. The topological polar surface area (TPSA) is 37.3 Å². The molecule has 0 saturated carbocycles. The van der Waals surface area contributed by atoms with E-state index in [1.165, 1.54) is 0 Å². The third-order valence-electron chi connectivity index (χ3n) is 3.14. The van der Waals surface area contributed by atoms with Gasteiger partial charge in [-0.05, 0) is 28.3 Å². The van der Waals surface area contributed by atoms with Crippen molar-refractivity contribution in [1.82, 2.24) is 0 Å². The molecule has 0 fully saturated rings. The molecule has 0 heterocycles. The maximum atomic E-state index is 11.2. The van der Waals surface area contributed by atoms with Crippen molar-refractivity contribution in [2.45, 2.75) is 0 Å². The van der Waals surface area contributed by atoms with E-state index in [0.717, 1.165) is 27.8 Å². The molecule has 0 atom stereocenters. The minimum Gasteiger partial charge on any atom is -0.478 e. The summed E-state index contributed by atoms with van der Waals surface area (Å²) in [5.41, 5.74) is 4.95. The standard InChI is InChI=1S/C15H10O2/c1-9-10-5-2-3-6-12(10)14-11(9)7-4-8-13(14)15(16)17/h2-8H,1H2,(H,16,17). The van der Waals surface area contributed by atoms with Crippen LogP contribution in [0, 0.1) is 0 Å². The Morgan fingerprint density at radius 3 is 2.29 bits per heavy atom. The molecule has 0 aliphatic heterocycles. The normalized spacial score (nSPS) is 12.1. The van der Waals surface area contributed by atoms with Crippen LogP contribution in [0.25, 0.3) is 16.7 Å². The highest BCUT2D eigenvalue weighted by Gasteiger charge is 2.25. The number of carboxylic acid groups (broad SMARTS) is 1. The molecule has 17 heavy (non-hydrogen) atoms. The number of carbonyl (C=O) groups is 1. The number of carboxylic acids is 1. The Hall–Kier alpha value is -2.35. The molecular formula is C15H10O2. The van der Waals surface area contributed by atoms with Gasteiger partial charge in [-0.15, -0.1) is 0 Å². The second kappa shape index (κ2) is 3.32. The van der Waals surface area contributed by atoms with Gasteiger partial charge in [-0.1, -0.05) is 43.0 Å². The number of hydrogen-bond donors (Lipinski definition) is 1. The van der Waals surface area contributed by atoms with Crippen molar-refractivity contribution in [3.63, 3.8) is 0 Å². The highest BCUT2D eigenvalue weighted by Crippen LogP contribution is 2.44. The van der Waals surface area contributed by atoms with Crippen LogP contribution in [0.3, 0.4) is 0 Å². The Balaban J connectivity index is 2.42. The summed E-state index contributed by atoms with van der Waals surface area (Å²) in [6, 6.07) is 13.1. The van der Waals surface area contributed by atoms with Crippen molar-refractivity contribution in [3.8, 4) is 11.1 Å². The van der Waals surface area contributed by atoms with E-state index in [2.05, 4.69) is 6.58 Å². The van der Waals surface area contributed by atoms with Gasteiger partial charge in [0.05, 0.1) is 5.56 Å². The summed E-state index contributed by atoms with van der Waals surface area (Å²) in [5.74, 6) is -0.897. The van der Waals surface area contributed by atoms with Gasteiger partial charge in [-0.3, -0.25) is 0 Å². The lowest BCUT2D eigenvalue weighted by Gasteiger charge is -2.04. The van der Waals surface area contributed by atoms with E-state index in [1.807, 2.05) is 30.3 Å². The average molecular weight is 222 g/mol. The average Bonchev–Trinajstić information content (AvgIpc) is 2.64. The lowest BCUT2D eigenvalue weighted by molar-refractivity contribution is 0.0697. The van der Waals surface area contributed by atoms with Gasteiger partial charge in [0, 0.05) is 5.56 Å². The smallest absolute Gasteiger partial charge is 0.336 e. The SMILES string of the molecule is C=C1c2ccccc2-c2c1cccc2C(=O)O. The molecule has 2 aromatic rings. The first-order valence-electron chi connectivity index (χ1n) is 5.35. The summed E-state index contributed by atoms with van der Waals surface area (Å²) in [4.78, 5) is 11.2. The third-order valence-corrected chi connectivity index (χ3v) is 3.14. The van der Waals surface area contributed by atoms with Crippen LogP contribution in [0.5, 0.6) is 0 Å². The van der Waals surface area contributed by atoms with Crippen LogP contribution in [-0.2, 0) is 0 Å². The summed E-state index contributed by atoms with van der Waals surface area (Å²) in [6.45, 7) is 4.04. The molecule has 0 aromatic heterocycles. The quantitative estimate of drug-likeness (QED) is 0.684. The molecule has 1 aliphatic carbocycles. The van der Waals surface area contributed by atoms with Crippen LogP contribution in [0.15, 0.2) is 49.0 Å². The van der Waals surface area contributed by atoms with Crippen molar-refractivity contribution in [2.24, 2.45) is 0 Å². The van der Waals surface area contributed by atoms with E-state index in [4.69, 9.17) is 0 Å². The Labute approximate surface area is 98.8 Å². The molecule has 0 amide bonds. The number of hydrogen-bond acceptors (Lipinski definition) is 1. The molecule has 0 saturated heterocycles. The predicted octanol–water partition coefficient (Wildman–Crippen LogP) is 3.43. The van der Waals surface area contributed by atoms with Gasteiger partial charge in [0.15, 0.2) is 0 Å². The van der Waals surface area contributed by atoms with Gasteiger partial charge in [0.1, 0.15) is 0 Å². The van der Waals surface area contributed by atoms with E-state index in [0.29, 0.717) is 5.56 Å². The van der Waals surface area contributed by atoms with Crippen molar-refractivity contribution < 1.29 is 9.90 Å². The van der Waals surface area contributed by atoms with E-state index < -0.39 is 5.97 Å². The Morgan fingerprint density at radius 2 is 1.59 bits per heavy atom. The van der Waals surface area contributed by atoms with Crippen LogP contribution in [0.2, 0.25) is 0 Å². The fourth-order valence-electron chi connectivity index (χ4n) is 2.38. The monoisotopic (exact) mass is 222 g/mol. The van der Waals surface area contributed by atoms with Crippen molar-refractivity contribution >= 4 is 11.5 Å². The first-order chi connectivity index (χ1) is 8.20. The summed E-state index contributed by atoms with van der Waals surface area (Å²) in [6.07, 6.45) is 0. The zero-order valence-electron chi connectivity index (χ0n) is 9.10. The van der Waals surface area contributed by atoms with E-state index >= 15 is 0 Å². The van der Waals surface area contributed by atoms with Gasteiger partial charge >= 0.3 is 5.97 Å². The van der Waals surface area contributed by atoms with Crippen LogP contribution < -0.4 is 0 Å². The zero-order valence-corrected chi connectivity index (χ0v) is 9.10. The summed E-state index contributed by atoms with van der Waals surface area (Å²) < 4.78 is 0. The second-order valence-corrected chi connectivity index (χ2v) is 4.06. The van der Waals surface area contributed by atoms with Crippen LogP contribution >= 0.6 is 0 Å². The fraction of sp³-hybridized carbons (Fsp3) is 0. The van der Waals surface area contributed by atoms with Crippen LogP contribution in [0.4, 0.5) is 0 Å². The Morgan fingerprint density at radius 1 is 0.941 bits per heavy atom. The molecule has 2 nitrogen and oxygen atoms in total. The minimum atomic E-state index is -0.897. The second-order valence-electron chi connectivity index (χ2n) is 4.06. The lowest BCUT2D eigenvalue weighted by Crippen LogP contribution is -1.99. The molecule has 0 unspecified atom stereocenters. The number of aromatic carboxylic acids is 1. The van der Waals surface area contributed by atoms with Gasteiger partial charge in [-0.2, -0.15) is 0 Å². The number of fused-ring (bicyclic) bond motifs is 3. The zero-order chi connectivity index (χ0) is 12.0. The molecule has 1 N–H and O–H groups in total. The number of benzene rings is 2. The largest absolute Gasteiger partial charge is 0.478 e. The van der Waals surface area contributed by atoms with E-state index in [-0.39, 0.29) is 0 Å². The summed E-state index contributed by atoms with van der Waals surface area (Å²) in [5, 5.41) is 9.23. The summed E-state index contributed by atoms with van der Waals surface area (Å²) in [7, 11) is 0. The molecule has 0 bridgehead atoms. The van der Waals surface area contributed by atoms with Gasteiger partial charge < -0.3 is 5.11 Å². The van der Waals surface area contributed by atoms with Gasteiger partial charge in [-0.25, -0.2) is 4.79 Å². The maximum absolute atomic E-state index is 11.2. The molecule has 2 aromatic carbocycles. The Bertz CT molecular complexity index is 654. The van der Waals surface area contributed by atoms with Crippen molar-refractivity contribution in [2.75, 3.05) is 0 Å². The third kappa shape index (κ3) is 1.24. The number of rotatable bonds is 1. The highest BCUT2D eigenvalue weighted by molar-refractivity contribution is 6.08. The van der Waals surface area contributed by atoms with E-state index in [9.17, 15) is 9.90 Å². The minimum absolute atomic E-state index is 0.341. The molecule has 2 heteroatoms. The fourth-order valence-corrected chi connectivity index (χ4v) is 2.38. The Kier molecular flexibility index (Phi) is 1.92. The van der Waals surface area contributed by atoms with Crippen LogP contribution in [-0.4, -0.2) is 11.1 Å². The van der Waals surface area contributed by atoms with Crippen molar-refractivity contribution in [1.29, 1.82) is 0 Å². The molecule has 0 radical (unpaired) electrons. The molecule has 0 spiro atoms. The van der Waals surface area contributed by atoms with Gasteiger partial charge in [0.25, 0.3) is 0 Å².